The van der Waals surface area contributed by atoms with Gasteiger partial charge in [0.1, 0.15) is 11.6 Å². The molecular formula is C31H41N7O. The molecule has 8 heteroatoms. The Morgan fingerprint density at radius 1 is 1.13 bits per heavy atom. The average molecular weight is 528 g/mol. The third-order valence-corrected chi connectivity index (χ3v) is 8.69. The van der Waals surface area contributed by atoms with Crippen molar-refractivity contribution in [3.05, 3.63) is 53.0 Å². The molecule has 3 aromatic heterocycles. The van der Waals surface area contributed by atoms with E-state index in [0.29, 0.717) is 5.92 Å². The van der Waals surface area contributed by atoms with Crippen LogP contribution in [0, 0.1) is 12.3 Å². The van der Waals surface area contributed by atoms with Crippen LogP contribution in [0.25, 0.3) is 22.3 Å². The molecule has 1 atom stereocenters. The van der Waals surface area contributed by atoms with Gasteiger partial charge in [-0.2, -0.15) is 5.10 Å². The van der Waals surface area contributed by atoms with Crippen LogP contribution in [0.5, 0.6) is 0 Å². The van der Waals surface area contributed by atoms with Gasteiger partial charge in [0.05, 0.1) is 17.5 Å². The number of aryl methyl sites for hydroxylation is 2. The average Bonchev–Trinajstić information content (AvgIpc) is 3.50. The predicted molar refractivity (Wildman–Crippen MR) is 158 cm³/mol. The van der Waals surface area contributed by atoms with Crippen LogP contribution in [0.15, 0.2) is 30.5 Å². The Morgan fingerprint density at radius 3 is 2.67 bits per heavy atom. The molecule has 5 heterocycles. The molecule has 1 aromatic carbocycles. The van der Waals surface area contributed by atoms with Gasteiger partial charge in [-0.3, -0.25) is 4.68 Å². The molecule has 0 unspecified atom stereocenters. The minimum absolute atomic E-state index is 0.0186. The van der Waals surface area contributed by atoms with Gasteiger partial charge in [-0.15, -0.1) is 0 Å². The van der Waals surface area contributed by atoms with E-state index in [1.54, 1.807) is 0 Å². The van der Waals surface area contributed by atoms with E-state index in [0.717, 1.165) is 78.9 Å². The van der Waals surface area contributed by atoms with Crippen LogP contribution in [0.1, 0.15) is 62.5 Å². The number of rotatable bonds is 5. The van der Waals surface area contributed by atoms with Crippen molar-refractivity contribution in [3.63, 3.8) is 0 Å². The van der Waals surface area contributed by atoms with Gasteiger partial charge in [0.2, 0.25) is 0 Å². The van der Waals surface area contributed by atoms with Gasteiger partial charge in [-0.1, -0.05) is 39.8 Å². The van der Waals surface area contributed by atoms with Crippen LogP contribution in [0.4, 0.5) is 11.6 Å². The van der Waals surface area contributed by atoms with Gasteiger partial charge in [-0.25, -0.2) is 9.97 Å². The topological polar surface area (TPSA) is 75.1 Å². The number of nitrogens with zero attached hydrogens (tertiary/aromatic N) is 6. The van der Waals surface area contributed by atoms with Crippen LogP contribution in [-0.4, -0.2) is 57.6 Å². The highest BCUT2D eigenvalue weighted by Gasteiger charge is 2.38. The standard InChI is InChI=1S/C31H41N7O/c1-19(2)25-15-27(36(6)35-25)37-13-11-23-22(17-37)30(38-14-12-26(39-7)31(4,5)18-38)34-29(33-23)21-9-8-10-24-28(21)20(3)16-32-24/h8-10,15-16,19,26,32H,11-14,17-18H2,1-7H3/t26-/m0/s1. The van der Waals surface area contributed by atoms with Gasteiger partial charge in [0.25, 0.3) is 0 Å². The van der Waals surface area contributed by atoms with Gasteiger partial charge in [-0.05, 0) is 30.9 Å². The second kappa shape index (κ2) is 9.66. The van der Waals surface area contributed by atoms with Gasteiger partial charge >= 0.3 is 0 Å². The summed E-state index contributed by atoms with van der Waals surface area (Å²) in [6.45, 7) is 14.7. The van der Waals surface area contributed by atoms with Gasteiger partial charge < -0.3 is 19.5 Å². The number of nitrogens with one attached hydrogen (secondary N) is 1. The summed E-state index contributed by atoms with van der Waals surface area (Å²) in [6, 6.07) is 8.63. The third-order valence-electron chi connectivity index (χ3n) is 8.69. The molecule has 1 fully saturated rings. The highest BCUT2D eigenvalue weighted by Crippen LogP contribution is 2.39. The molecule has 1 N–H and O–H groups in total. The Labute approximate surface area is 231 Å². The smallest absolute Gasteiger partial charge is 0.162 e. The number of hydrogen-bond donors (Lipinski definition) is 1. The van der Waals surface area contributed by atoms with E-state index < -0.39 is 0 Å². The zero-order valence-electron chi connectivity index (χ0n) is 24.4. The summed E-state index contributed by atoms with van der Waals surface area (Å²) in [5.41, 5.74) is 6.98. The van der Waals surface area contributed by atoms with Crippen molar-refractivity contribution >= 4 is 22.5 Å². The summed E-state index contributed by atoms with van der Waals surface area (Å²) in [5, 5.41) is 6.00. The largest absolute Gasteiger partial charge is 0.381 e. The first-order valence-corrected chi connectivity index (χ1v) is 14.2. The lowest BCUT2D eigenvalue weighted by molar-refractivity contribution is -0.00647. The fraction of sp³-hybridized carbons (Fsp3) is 0.516. The fourth-order valence-corrected chi connectivity index (χ4v) is 6.53. The fourth-order valence-electron chi connectivity index (χ4n) is 6.53. The first-order valence-electron chi connectivity index (χ1n) is 14.2. The third kappa shape index (κ3) is 4.48. The van der Waals surface area contributed by atoms with Gasteiger partial charge in [0, 0.05) is 86.5 Å². The minimum Gasteiger partial charge on any atom is -0.381 e. The van der Waals surface area contributed by atoms with Crippen LogP contribution in [-0.2, 0) is 24.8 Å². The number of piperidine rings is 1. The Kier molecular flexibility index (Phi) is 6.41. The molecule has 0 spiro atoms. The van der Waals surface area contributed by atoms with E-state index in [2.05, 4.69) is 86.9 Å². The molecule has 2 aliphatic rings. The normalized spacial score (nSPS) is 19.2. The quantitative estimate of drug-likeness (QED) is 0.364. The van der Waals surface area contributed by atoms with Crippen molar-refractivity contribution in [1.29, 1.82) is 0 Å². The van der Waals surface area contributed by atoms with Crippen molar-refractivity contribution in [2.24, 2.45) is 12.5 Å². The van der Waals surface area contributed by atoms with Crippen molar-refractivity contribution in [1.82, 2.24) is 24.7 Å². The molecule has 0 saturated carbocycles. The van der Waals surface area contributed by atoms with Crippen molar-refractivity contribution in [3.8, 4) is 11.4 Å². The first kappa shape index (κ1) is 25.9. The molecule has 0 bridgehead atoms. The van der Waals surface area contributed by atoms with Crippen molar-refractivity contribution < 1.29 is 4.74 Å². The number of anilines is 2. The number of benzene rings is 1. The second-order valence-corrected chi connectivity index (χ2v) is 12.3. The highest BCUT2D eigenvalue weighted by atomic mass is 16.5. The molecule has 8 nitrogen and oxygen atoms in total. The zero-order chi connectivity index (χ0) is 27.5. The Balaban J connectivity index is 1.46. The number of methoxy groups -OCH3 is 1. The molecule has 0 radical (unpaired) electrons. The van der Waals surface area contributed by atoms with E-state index >= 15 is 0 Å². The molecule has 4 aromatic rings. The lowest BCUT2D eigenvalue weighted by atomic mass is 9.81. The number of aromatic nitrogens is 5. The predicted octanol–water partition coefficient (Wildman–Crippen LogP) is 5.60. The Bertz CT molecular complexity index is 1510. The summed E-state index contributed by atoms with van der Waals surface area (Å²) in [5.74, 6) is 3.44. The van der Waals surface area contributed by atoms with E-state index in [1.807, 2.05) is 11.8 Å². The maximum atomic E-state index is 5.88. The molecule has 0 aliphatic carbocycles. The molecule has 1 saturated heterocycles. The number of aromatic amines is 1. The first-order chi connectivity index (χ1) is 18.7. The zero-order valence-corrected chi connectivity index (χ0v) is 24.4. The van der Waals surface area contributed by atoms with Crippen LogP contribution in [0.2, 0.25) is 0 Å². The lowest BCUT2D eigenvalue weighted by Crippen LogP contribution is -2.50. The van der Waals surface area contributed by atoms with Crippen LogP contribution >= 0.6 is 0 Å². The van der Waals surface area contributed by atoms with Crippen LogP contribution in [0.3, 0.4) is 0 Å². The number of ether oxygens (including phenoxy) is 1. The van der Waals surface area contributed by atoms with E-state index in [9.17, 15) is 0 Å². The number of hydrogen-bond acceptors (Lipinski definition) is 6. The van der Waals surface area contributed by atoms with Gasteiger partial charge in [0.15, 0.2) is 5.82 Å². The summed E-state index contributed by atoms with van der Waals surface area (Å²) >= 11 is 0. The monoisotopic (exact) mass is 527 g/mol. The van der Waals surface area contributed by atoms with E-state index in [-0.39, 0.29) is 11.5 Å². The minimum atomic E-state index is 0.0186. The molecule has 6 rings (SSSR count). The molecule has 2 aliphatic heterocycles. The second-order valence-electron chi connectivity index (χ2n) is 12.3. The summed E-state index contributed by atoms with van der Waals surface area (Å²) in [4.78, 5) is 18.9. The Hall–Kier alpha value is -3.39. The molecule has 206 valence electrons. The van der Waals surface area contributed by atoms with E-state index in [4.69, 9.17) is 19.8 Å². The summed E-state index contributed by atoms with van der Waals surface area (Å²) in [7, 11) is 3.89. The summed E-state index contributed by atoms with van der Waals surface area (Å²) < 4.78 is 7.90. The highest BCUT2D eigenvalue weighted by molar-refractivity contribution is 5.96. The lowest BCUT2D eigenvalue weighted by Gasteiger charge is -2.45. The SMILES string of the molecule is CO[C@H]1CCN(c2nc(-c3cccc4[nH]cc(C)c34)nc3c2CN(c2cc(C(C)C)nn2C)CC3)CC1(C)C. The van der Waals surface area contributed by atoms with Crippen LogP contribution < -0.4 is 9.80 Å². The summed E-state index contributed by atoms with van der Waals surface area (Å²) in [6.07, 6.45) is 4.17. The Morgan fingerprint density at radius 2 is 1.95 bits per heavy atom. The van der Waals surface area contributed by atoms with Crippen molar-refractivity contribution in [2.45, 2.75) is 66.0 Å². The molecule has 39 heavy (non-hydrogen) atoms. The molecule has 0 amide bonds. The number of fused-ring (bicyclic) bond motifs is 2. The number of H-pyrrole nitrogens is 1. The van der Waals surface area contributed by atoms with Crippen molar-refractivity contribution in [2.75, 3.05) is 36.5 Å². The maximum Gasteiger partial charge on any atom is 0.162 e. The van der Waals surface area contributed by atoms with E-state index in [1.165, 1.54) is 16.5 Å². The molecular weight excluding hydrogens is 486 g/mol. The maximum absolute atomic E-state index is 5.88.